The molecule has 1 atom stereocenters. The average Bonchev–Trinajstić information content (AvgIpc) is 3.11. The third-order valence-electron chi connectivity index (χ3n) is 3.64. The zero-order valence-electron chi connectivity index (χ0n) is 14.5. The summed E-state index contributed by atoms with van der Waals surface area (Å²) in [4.78, 5) is 24.1. The van der Waals surface area contributed by atoms with Crippen molar-refractivity contribution in [3.05, 3.63) is 45.4 Å². The van der Waals surface area contributed by atoms with Crippen LogP contribution in [0.1, 0.15) is 6.92 Å². The molecule has 28 heavy (non-hydrogen) atoms. The van der Waals surface area contributed by atoms with E-state index in [-0.39, 0.29) is 27.6 Å². The maximum Gasteiger partial charge on any atom is 0.344 e. The van der Waals surface area contributed by atoms with Crippen LogP contribution in [0.25, 0.3) is 0 Å². The fourth-order valence-corrected chi connectivity index (χ4v) is 2.85. The molecular weight excluding hydrogens is 433 g/mol. The van der Waals surface area contributed by atoms with E-state index in [1.807, 2.05) is 0 Å². The van der Waals surface area contributed by atoms with Crippen molar-refractivity contribution in [3.8, 4) is 17.2 Å². The van der Waals surface area contributed by atoms with Crippen LogP contribution in [-0.2, 0) is 14.3 Å². The van der Waals surface area contributed by atoms with E-state index in [1.165, 1.54) is 19.1 Å². The van der Waals surface area contributed by atoms with E-state index in [1.54, 1.807) is 18.2 Å². The first-order valence-corrected chi connectivity index (χ1v) is 9.14. The van der Waals surface area contributed by atoms with E-state index in [0.29, 0.717) is 17.2 Å². The fourth-order valence-electron chi connectivity index (χ4n) is 2.25. The van der Waals surface area contributed by atoms with E-state index < -0.39 is 24.6 Å². The van der Waals surface area contributed by atoms with Gasteiger partial charge in [-0.25, -0.2) is 4.79 Å². The first kappa shape index (κ1) is 20.4. The Balaban J connectivity index is 1.51. The molecule has 1 unspecified atom stereocenters. The molecule has 1 N–H and O–H groups in total. The van der Waals surface area contributed by atoms with Gasteiger partial charge in [-0.3, -0.25) is 4.79 Å². The lowest BCUT2D eigenvalue weighted by Gasteiger charge is -2.14. The highest BCUT2D eigenvalue weighted by atomic mass is 35.5. The highest BCUT2D eigenvalue weighted by molar-refractivity contribution is 6.43. The van der Waals surface area contributed by atoms with Gasteiger partial charge in [0.1, 0.15) is 5.75 Å². The number of ether oxygens (including phenoxy) is 4. The molecule has 0 spiro atoms. The number of esters is 1. The second-order valence-corrected chi connectivity index (χ2v) is 6.90. The van der Waals surface area contributed by atoms with Gasteiger partial charge in [0.25, 0.3) is 5.91 Å². The van der Waals surface area contributed by atoms with Gasteiger partial charge in [0.05, 0.1) is 15.1 Å². The summed E-state index contributed by atoms with van der Waals surface area (Å²) in [5.74, 6) is 0.0191. The van der Waals surface area contributed by atoms with Crippen molar-refractivity contribution in [1.82, 2.24) is 0 Å². The number of carbonyl (C=O) groups is 2. The summed E-state index contributed by atoms with van der Waals surface area (Å²) < 4.78 is 20.8. The molecule has 1 heterocycles. The molecule has 0 aliphatic carbocycles. The molecule has 10 heteroatoms. The fraction of sp³-hybridized carbons (Fsp3) is 0.222. The highest BCUT2D eigenvalue weighted by Gasteiger charge is 2.20. The van der Waals surface area contributed by atoms with Crippen molar-refractivity contribution in [2.75, 3.05) is 18.7 Å². The Bertz CT molecular complexity index is 920. The Labute approximate surface area is 175 Å². The molecule has 1 amide bonds. The van der Waals surface area contributed by atoms with Crippen LogP contribution in [0, 0.1) is 0 Å². The number of carbonyl (C=O) groups excluding carboxylic acids is 2. The van der Waals surface area contributed by atoms with Crippen molar-refractivity contribution in [2.45, 2.75) is 13.0 Å². The van der Waals surface area contributed by atoms with Gasteiger partial charge in [-0.05, 0) is 25.1 Å². The Kier molecular flexibility index (Phi) is 6.39. The molecule has 2 aromatic carbocycles. The number of benzene rings is 2. The summed E-state index contributed by atoms with van der Waals surface area (Å²) in [5.41, 5.74) is 0.482. The Hall–Kier alpha value is -2.35. The lowest BCUT2D eigenvalue weighted by molar-refractivity contribution is -0.155. The van der Waals surface area contributed by atoms with Crippen LogP contribution in [0.2, 0.25) is 15.1 Å². The zero-order chi connectivity index (χ0) is 20.3. The predicted molar refractivity (Wildman–Crippen MR) is 104 cm³/mol. The van der Waals surface area contributed by atoms with Crippen molar-refractivity contribution in [2.24, 2.45) is 0 Å². The molecule has 0 radical (unpaired) electrons. The minimum atomic E-state index is -1.05. The van der Waals surface area contributed by atoms with Crippen molar-refractivity contribution >= 4 is 52.4 Å². The van der Waals surface area contributed by atoms with Crippen LogP contribution in [0.3, 0.4) is 0 Å². The van der Waals surface area contributed by atoms with Gasteiger partial charge >= 0.3 is 5.97 Å². The monoisotopic (exact) mass is 445 g/mol. The summed E-state index contributed by atoms with van der Waals surface area (Å²) in [5, 5.41) is 3.31. The summed E-state index contributed by atoms with van der Waals surface area (Å²) in [6, 6.07) is 7.71. The second kappa shape index (κ2) is 8.77. The minimum Gasteiger partial charge on any atom is -0.480 e. The molecule has 0 bridgehead atoms. The second-order valence-electron chi connectivity index (χ2n) is 5.67. The van der Waals surface area contributed by atoms with Gasteiger partial charge in [-0.15, -0.1) is 0 Å². The Morgan fingerprint density at radius 3 is 2.57 bits per heavy atom. The van der Waals surface area contributed by atoms with Gasteiger partial charge in [-0.1, -0.05) is 34.8 Å². The Morgan fingerprint density at radius 2 is 1.79 bits per heavy atom. The number of hydrogen-bond donors (Lipinski definition) is 1. The first-order chi connectivity index (χ1) is 13.3. The van der Waals surface area contributed by atoms with Crippen molar-refractivity contribution in [1.29, 1.82) is 0 Å². The number of anilines is 1. The molecule has 0 saturated carbocycles. The number of nitrogens with one attached hydrogen (secondary N) is 1. The summed E-state index contributed by atoms with van der Waals surface area (Å²) in [7, 11) is 0. The number of fused-ring (bicyclic) bond motifs is 1. The maximum absolute atomic E-state index is 12.2. The predicted octanol–water partition coefficient (Wildman–Crippen LogP) is 4.32. The van der Waals surface area contributed by atoms with Gasteiger partial charge in [-0.2, -0.15) is 0 Å². The molecule has 7 nitrogen and oxygen atoms in total. The van der Waals surface area contributed by atoms with Crippen LogP contribution >= 0.6 is 34.8 Å². The average molecular weight is 447 g/mol. The Morgan fingerprint density at radius 1 is 1.07 bits per heavy atom. The first-order valence-electron chi connectivity index (χ1n) is 8.01. The molecule has 1 aliphatic heterocycles. The molecule has 2 aromatic rings. The standard InChI is InChI=1S/C18H14Cl3NO6/c1-9(18(24)22-10-2-3-14-16(4-10)27-8-26-14)28-17(23)7-25-15-6-12(20)11(19)5-13(15)21/h2-6,9H,7-8H2,1H3,(H,22,24). The van der Waals surface area contributed by atoms with Crippen LogP contribution in [0.15, 0.2) is 30.3 Å². The molecular formula is C18H14Cl3NO6. The lowest BCUT2D eigenvalue weighted by Crippen LogP contribution is -2.31. The molecule has 0 aromatic heterocycles. The van der Waals surface area contributed by atoms with E-state index in [0.717, 1.165) is 0 Å². The van der Waals surface area contributed by atoms with Crippen LogP contribution < -0.4 is 19.5 Å². The van der Waals surface area contributed by atoms with Crippen molar-refractivity contribution in [3.63, 3.8) is 0 Å². The van der Waals surface area contributed by atoms with Crippen molar-refractivity contribution < 1.29 is 28.5 Å². The number of rotatable bonds is 6. The van der Waals surface area contributed by atoms with E-state index in [4.69, 9.17) is 53.8 Å². The zero-order valence-corrected chi connectivity index (χ0v) is 16.7. The molecule has 1 aliphatic rings. The third-order valence-corrected chi connectivity index (χ3v) is 4.66. The summed E-state index contributed by atoms with van der Waals surface area (Å²) in [6.45, 7) is 1.11. The summed E-state index contributed by atoms with van der Waals surface area (Å²) >= 11 is 17.7. The molecule has 3 rings (SSSR count). The normalized spacial score (nSPS) is 13.0. The van der Waals surface area contributed by atoms with Crippen LogP contribution in [-0.4, -0.2) is 31.4 Å². The van der Waals surface area contributed by atoms with Gasteiger partial charge in [0.15, 0.2) is 24.2 Å². The number of halogens is 3. The largest absolute Gasteiger partial charge is 0.480 e. The van der Waals surface area contributed by atoms with Crippen LogP contribution in [0.5, 0.6) is 17.2 Å². The lowest BCUT2D eigenvalue weighted by atomic mass is 10.2. The van der Waals surface area contributed by atoms with E-state index >= 15 is 0 Å². The molecule has 0 saturated heterocycles. The third kappa shape index (κ3) is 4.92. The smallest absolute Gasteiger partial charge is 0.344 e. The van der Waals surface area contributed by atoms with Gasteiger partial charge in [0, 0.05) is 17.8 Å². The van der Waals surface area contributed by atoms with Gasteiger partial charge < -0.3 is 24.3 Å². The number of hydrogen-bond acceptors (Lipinski definition) is 6. The SMILES string of the molecule is CC(OC(=O)COc1cc(Cl)c(Cl)cc1Cl)C(=O)Nc1ccc2c(c1)OCO2. The highest BCUT2D eigenvalue weighted by Crippen LogP contribution is 2.35. The van der Waals surface area contributed by atoms with Crippen LogP contribution in [0.4, 0.5) is 5.69 Å². The maximum atomic E-state index is 12.2. The quantitative estimate of drug-likeness (QED) is 0.525. The summed E-state index contributed by atoms with van der Waals surface area (Å²) in [6.07, 6.45) is -1.05. The van der Waals surface area contributed by atoms with E-state index in [9.17, 15) is 9.59 Å². The molecule has 148 valence electrons. The topological polar surface area (TPSA) is 83.1 Å². The van der Waals surface area contributed by atoms with Gasteiger partial charge in [0.2, 0.25) is 6.79 Å². The minimum absolute atomic E-state index is 0.129. The molecule has 0 fully saturated rings. The van der Waals surface area contributed by atoms with E-state index in [2.05, 4.69) is 5.32 Å². The number of amides is 1.